The predicted molar refractivity (Wildman–Crippen MR) is 97.9 cm³/mol. The van der Waals surface area contributed by atoms with Gasteiger partial charge in [-0.3, -0.25) is 4.79 Å². The monoisotopic (exact) mass is 363 g/mol. The van der Waals surface area contributed by atoms with Crippen molar-refractivity contribution in [2.45, 2.75) is 29.2 Å². The van der Waals surface area contributed by atoms with Gasteiger partial charge in [-0.25, -0.2) is 8.42 Å². The number of carbonyl (C=O) groups is 1. The van der Waals surface area contributed by atoms with Crippen molar-refractivity contribution in [3.63, 3.8) is 0 Å². The first kappa shape index (κ1) is 18.5. The van der Waals surface area contributed by atoms with Gasteiger partial charge in [-0.1, -0.05) is 30.3 Å². The van der Waals surface area contributed by atoms with Crippen LogP contribution in [0.4, 0.5) is 0 Å². The molecule has 0 spiro atoms. The third-order valence-corrected chi connectivity index (χ3v) is 5.67. The van der Waals surface area contributed by atoms with E-state index in [1.807, 2.05) is 37.3 Å². The summed E-state index contributed by atoms with van der Waals surface area (Å²) in [5.74, 6) is 0.702. The van der Waals surface area contributed by atoms with Gasteiger partial charge in [0.1, 0.15) is 0 Å². The van der Waals surface area contributed by atoms with Crippen molar-refractivity contribution in [1.82, 2.24) is 5.32 Å². The summed E-state index contributed by atoms with van der Waals surface area (Å²) in [5.41, 5.74) is 0.881. The molecule has 1 atom stereocenters. The van der Waals surface area contributed by atoms with Gasteiger partial charge < -0.3 is 5.32 Å². The van der Waals surface area contributed by atoms with E-state index in [4.69, 9.17) is 0 Å². The van der Waals surface area contributed by atoms with E-state index in [1.54, 1.807) is 36.0 Å². The van der Waals surface area contributed by atoms with Crippen molar-refractivity contribution in [1.29, 1.82) is 0 Å². The van der Waals surface area contributed by atoms with E-state index in [0.29, 0.717) is 6.42 Å². The fourth-order valence-corrected chi connectivity index (χ4v) is 3.68. The van der Waals surface area contributed by atoms with Gasteiger partial charge in [0, 0.05) is 23.3 Å². The van der Waals surface area contributed by atoms with Gasteiger partial charge in [0.05, 0.1) is 10.9 Å². The smallest absolute Gasteiger partial charge is 0.221 e. The molecule has 0 heterocycles. The zero-order chi connectivity index (χ0) is 17.6. The van der Waals surface area contributed by atoms with Crippen molar-refractivity contribution < 1.29 is 13.2 Å². The van der Waals surface area contributed by atoms with Gasteiger partial charge in [-0.05, 0) is 36.8 Å². The molecule has 128 valence electrons. The number of nitrogens with one attached hydrogen (secondary N) is 1. The Hall–Kier alpha value is -1.79. The summed E-state index contributed by atoms with van der Waals surface area (Å²) in [6, 6.07) is 16.4. The molecule has 2 rings (SSSR count). The molecule has 0 aromatic heterocycles. The molecule has 6 heteroatoms. The number of sulfone groups is 1. The second-order valence-corrected chi connectivity index (χ2v) is 8.73. The quantitative estimate of drug-likeness (QED) is 0.765. The minimum absolute atomic E-state index is 0.0156. The van der Waals surface area contributed by atoms with Gasteiger partial charge in [0.2, 0.25) is 5.91 Å². The van der Waals surface area contributed by atoms with Crippen LogP contribution >= 0.6 is 11.8 Å². The van der Waals surface area contributed by atoms with Gasteiger partial charge >= 0.3 is 0 Å². The molecule has 0 aliphatic rings. The van der Waals surface area contributed by atoms with Crippen LogP contribution in [0, 0.1) is 0 Å². The molecule has 0 radical (unpaired) electrons. The Morgan fingerprint density at radius 3 is 2.29 bits per heavy atom. The summed E-state index contributed by atoms with van der Waals surface area (Å²) in [4.78, 5) is 13.5. The van der Waals surface area contributed by atoms with Crippen LogP contribution in [-0.2, 0) is 14.6 Å². The minimum Gasteiger partial charge on any atom is -0.350 e. The highest BCUT2D eigenvalue weighted by Gasteiger charge is 2.11. The fraction of sp³-hybridized carbons (Fsp3) is 0.278. The molecule has 0 aliphatic heterocycles. The molecule has 24 heavy (non-hydrogen) atoms. The van der Waals surface area contributed by atoms with E-state index in [-0.39, 0.29) is 16.8 Å². The summed E-state index contributed by atoms with van der Waals surface area (Å²) in [5, 5.41) is 2.94. The van der Waals surface area contributed by atoms with Crippen LogP contribution in [0.15, 0.2) is 64.4 Å². The lowest BCUT2D eigenvalue weighted by Gasteiger charge is -2.14. The molecular formula is C18H21NO3S2. The van der Waals surface area contributed by atoms with Gasteiger partial charge in [-0.15, -0.1) is 11.8 Å². The van der Waals surface area contributed by atoms with Crippen molar-refractivity contribution in [2.75, 3.05) is 12.0 Å². The van der Waals surface area contributed by atoms with Crippen molar-refractivity contribution in [2.24, 2.45) is 0 Å². The Labute approximate surface area is 147 Å². The molecular weight excluding hydrogens is 342 g/mol. The molecule has 2 aromatic carbocycles. The zero-order valence-electron chi connectivity index (χ0n) is 13.7. The van der Waals surface area contributed by atoms with Gasteiger partial charge in [0.15, 0.2) is 9.84 Å². The molecule has 2 aromatic rings. The minimum atomic E-state index is -3.20. The highest BCUT2D eigenvalue weighted by atomic mass is 32.2. The number of carbonyl (C=O) groups excluding carboxylic acids is 1. The second kappa shape index (κ2) is 8.35. The molecule has 0 bridgehead atoms. The largest absolute Gasteiger partial charge is 0.350 e. The van der Waals surface area contributed by atoms with Crippen LogP contribution in [-0.4, -0.2) is 26.3 Å². The van der Waals surface area contributed by atoms with E-state index in [9.17, 15) is 13.2 Å². The number of hydrogen-bond donors (Lipinski definition) is 1. The van der Waals surface area contributed by atoms with Crippen LogP contribution in [0.25, 0.3) is 0 Å². The molecule has 0 aliphatic carbocycles. The maximum atomic E-state index is 12.0. The van der Waals surface area contributed by atoms with E-state index in [0.717, 1.165) is 16.2 Å². The number of thioether (sulfide) groups is 1. The Morgan fingerprint density at radius 1 is 1.08 bits per heavy atom. The summed E-state index contributed by atoms with van der Waals surface area (Å²) >= 11 is 1.65. The first-order valence-electron chi connectivity index (χ1n) is 7.63. The lowest BCUT2D eigenvalue weighted by atomic mass is 10.1. The van der Waals surface area contributed by atoms with E-state index in [2.05, 4.69) is 5.32 Å². The normalized spacial score (nSPS) is 12.6. The molecule has 4 nitrogen and oxygen atoms in total. The lowest BCUT2D eigenvalue weighted by Crippen LogP contribution is -2.26. The Kier molecular flexibility index (Phi) is 6.45. The molecule has 1 amide bonds. The average Bonchev–Trinajstić information content (AvgIpc) is 2.55. The lowest BCUT2D eigenvalue weighted by molar-refractivity contribution is -0.121. The predicted octanol–water partition coefficient (Wildman–Crippen LogP) is 3.45. The van der Waals surface area contributed by atoms with Crippen LogP contribution in [0.3, 0.4) is 0 Å². The molecule has 0 saturated carbocycles. The summed E-state index contributed by atoms with van der Waals surface area (Å²) in [7, 11) is -3.20. The standard InChI is InChI=1S/C18H21NO3S2/c1-14(15-8-10-17(11-9-15)24(2,21)22)19-18(20)12-13-23-16-6-4-3-5-7-16/h3-11,14H,12-13H2,1-2H3,(H,19,20). The first-order chi connectivity index (χ1) is 11.4. The number of benzene rings is 2. The average molecular weight is 364 g/mol. The third kappa shape index (κ3) is 5.69. The van der Waals surface area contributed by atoms with Crippen LogP contribution in [0.1, 0.15) is 24.9 Å². The van der Waals surface area contributed by atoms with Crippen LogP contribution < -0.4 is 5.32 Å². The number of rotatable bonds is 7. The maximum Gasteiger partial charge on any atom is 0.221 e. The maximum absolute atomic E-state index is 12.0. The van der Waals surface area contributed by atoms with E-state index >= 15 is 0 Å². The number of hydrogen-bond acceptors (Lipinski definition) is 4. The highest BCUT2D eigenvalue weighted by Crippen LogP contribution is 2.19. The highest BCUT2D eigenvalue weighted by molar-refractivity contribution is 7.99. The molecule has 0 fully saturated rings. The summed E-state index contributed by atoms with van der Waals surface area (Å²) in [6.07, 6.45) is 1.61. The van der Waals surface area contributed by atoms with E-state index in [1.165, 1.54) is 6.26 Å². The first-order valence-corrected chi connectivity index (χ1v) is 10.5. The molecule has 1 unspecified atom stereocenters. The van der Waals surface area contributed by atoms with Crippen molar-refractivity contribution in [3.05, 3.63) is 60.2 Å². The fourth-order valence-electron chi connectivity index (χ4n) is 2.18. The second-order valence-electron chi connectivity index (χ2n) is 5.54. The van der Waals surface area contributed by atoms with Crippen LogP contribution in [0.5, 0.6) is 0 Å². The summed E-state index contributed by atoms with van der Waals surface area (Å²) < 4.78 is 22.9. The van der Waals surface area contributed by atoms with Gasteiger partial charge in [0.25, 0.3) is 0 Å². The Morgan fingerprint density at radius 2 is 1.71 bits per heavy atom. The van der Waals surface area contributed by atoms with Crippen molar-refractivity contribution in [3.8, 4) is 0 Å². The van der Waals surface area contributed by atoms with Gasteiger partial charge in [-0.2, -0.15) is 0 Å². The Bertz CT molecular complexity index is 772. The topological polar surface area (TPSA) is 63.2 Å². The van der Waals surface area contributed by atoms with Crippen LogP contribution in [0.2, 0.25) is 0 Å². The van der Waals surface area contributed by atoms with Crippen molar-refractivity contribution >= 4 is 27.5 Å². The molecule has 1 N–H and O–H groups in total. The summed E-state index contributed by atoms with van der Waals surface area (Å²) in [6.45, 7) is 1.89. The number of amides is 1. The Balaban J connectivity index is 1.83. The SMILES string of the molecule is CC(NC(=O)CCSc1ccccc1)c1ccc(S(C)(=O)=O)cc1. The molecule has 0 saturated heterocycles. The zero-order valence-corrected chi connectivity index (χ0v) is 15.4. The third-order valence-electron chi connectivity index (χ3n) is 3.53. The van der Waals surface area contributed by atoms with E-state index < -0.39 is 9.84 Å².